The zero-order chi connectivity index (χ0) is 13.4. The second kappa shape index (κ2) is 4.81. The Morgan fingerprint density at radius 3 is 2.61 bits per heavy atom. The Morgan fingerprint density at radius 1 is 1.33 bits per heavy atom. The van der Waals surface area contributed by atoms with Gasteiger partial charge < -0.3 is 4.74 Å². The van der Waals surface area contributed by atoms with Crippen LogP contribution in [0.4, 0.5) is 0 Å². The van der Waals surface area contributed by atoms with Gasteiger partial charge in [0, 0.05) is 18.1 Å². The SMILES string of the molecule is CC(C)(C)[Si](C)(C)c1ccnn1C1CCCCO1. The Labute approximate surface area is 112 Å². The topological polar surface area (TPSA) is 27.1 Å². The van der Waals surface area contributed by atoms with Crippen LogP contribution in [0.15, 0.2) is 12.3 Å². The molecule has 1 aliphatic rings. The van der Waals surface area contributed by atoms with Crippen LogP contribution in [-0.4, -0.2) is 24.5 Å². The molecule has 18 heavy (non-hydrogen) atoms. The Hall–Kier alpha value is -0.613. The van der Waals surface area contributed by atoms with E-state index in [0.29, 0.717) is 5.04 Å². The molecule has 0 radical (unpaired) electrons. The van der Waals surface area contributed by atoms with Gasteiger partial charge in [0.2, 0.25) is 0 Å². The molecular formula is C14H26N2OSi. The van der Waals surface area contributed by atoms with Gasteiger partial charge in [0.15, 0.2) is 0 Å². The summed E-state index contributed by atoms with van der Waals surface area (Å²) in [7, 11) is -1.54. The number of rotatable bonds is 2. The minimum absolute atomic E-state index is 0.165. The van der Waals surface area contributed by atoms with E-state index < -0.39 is 8.07 Å². The summed E-state index contributed by atoms with van der Waals surface area (Å²) in [5.41, 5.74) is 0. The first-order chi connectivity index (χ1) is 8.34. The fourth-order valence-corrected chi connectivity index (χ4v) is 4.37. The molecule has 1 atom stereocenters. The van der Waals surface area contributed by atoms with Crippen LogP contribution < -0.4 is 5.32 Å². The highest BCUT2D eigenvalue weighted by Gasteiger charge is 2.40. The molecule has 2 rings (SSSR count). The molecule has 0 amide bonds. The zero-order valence-corrected chi connectivity index (χ0v) is 13.4. The molecule has 1 aromatic rings. The molecule has 0 spiro atoms. The highest BCUT2D eigenvalue weighted by atomic mass is 28.3. The van der Waals surface area contributed by atoms with Crippen molar-refractivity contribution in [2.24, 2.45) is 0 Å². The van der Waals surface area contributed by atoms with Crippen molar-refractivity contribution >= 4 is 13.4 Å². The van der Waals surface area contributed by atoms with Crippen molar-refractivity contribution in [1.82, 2.24) is 9.78 Å². The molecule has 1 fully saturated rings. The molecule has 0 aromatic carbocycles. The zero-order valence-electron chi connectivity index (χ0n) is 12.4. The van der Waals surface area contributed by atoms with Crippen LogP contribution in [0.25, 0.3) is 0 Å². The summed E-state index contributed by atoms with van der Waals surface area (Å²) in [4.78, 5) is 0. The summed E-state index contributed by atoms with van der Waals surface area (Å²) >= 11 is 0. The molecule has 0 N–H and O–H groups in total. The van der Waals surface area contributed by atoms with Gasteiger partial charge in [0.05, 0.1) is 0 Å². The third-order valence-corrected chi connectivity index (χ3v) is 10.0. The van der Waals surface area contributed by atoms with Crippen molar-refractivity contribution in [1.29, 1.82) is 0 Å². The second-order valence-corrected chi connectivity index (χ2v) is 12.1. The van der Waals surface area contributed by atoms with Crippen molar-refractivity contribution < 1.29 is 4.74 Å². The molecule has 2 heterocycles. The minimum atomic E-state index is -1.54. The highest BCUT2D eigenvalue weighted by molar-refractivity contribution is 6.91. The number of hydrogen-bond donors (Lipinski definition) is 0. The third kappa shape index (κ3) is 2.41. The van der Waals surface area contributed by atoms with Crippen LogP contribution in [0, 0.1) is 0 Å². The molecule has 0 bridgehead atoms. The van der Waals surface area contributed by atoms with Gasteiger partial charge in [-0.1, -0.05) is 33.9 Å². The lowest BCUT2D eigenvalue weighted by Gasteiger charge is -2.38. The van der Waals surface area contributed by atoms with E-state index in [2.05, 4.69) is 49.7 Å². The van der Waals surface area contributed by atoms with Gasteiger partial charge in [-0.05, 0) is 30.4 Å². The maximum absolute atomic E-state index is 5.89. The molecule has 1 saturated heterocycles. The van der Waals surface area contributed by atoms with Gasteiger partial charge in [-0.2, -0.15) is 5.10 Å². The summed E-state index contributed by atoms with van der Waals surface area (Å²) in [6.45, 7) is 12.8. The Morgan fingerprint density at radius 2 is 2.06 bits per heavy atom. The first-order valence-electron chi connectivity index (χ1n) is 6.99. The van der Waals surface area contributed by atoms with E-state index in [1.807, 2.05) is 6.20 Å². The van der Waals surface area contributed by atoms with Crippen molar-refractivity contribution in [3.63, 3.8) is 0 Å². The maximum Gasteiger partial charge on any atom is 0.149 e. The summed E-state index contributed by atoms with van der Waals surface area (Å²) < 4.78 is 8.06. The number of aromatic nitrogens is 2. The minimum Gasteiger partial charge on any atom is -0.357 e. The van der Waals surface area contributed by atoms with Crippen LogP contribution in [-0.2, 0) is 4.74 Å². The van der Waals surface area contributed by atoms with Gasteiger partial charge in [-0.25, -0.2) is 4.68 Å². The fraction of sp³-hybridized carbons (Fsp3) is 0.786. The van der Waals surface area contributed by atoms with E-state index in [1.54, 1.807) is 0 Å². The molecule has 1 aromatic heterocycles. The monoisotopic (exact) mass is 266 g/mol. The molecule has 3 nitrogen and oxygen atoms in total. The average Bonchev–Trinajstić information content (AvgIpc) is 2.78. The number of ether oxygens (including phenoxy) is 1. The second-order valence-electron chi connectivity index (χ2n) is 6.86. The van der Waals surface area contributed by atoms with E-state index in [0.717, 1.165) is 13.0 Å². The average molecular weight is 266 g/mol. The standard InChI is InChI=1S/C14H26N2OSi/c1-14(2,3)18(4,5)13-9-10-15-16(13)12-8-6-7-11-17-12/h9-10,12H,6-8,11H2,1-5H3. The quantitative estimate of drug-likeness (QED) is 0.768. The molecule has 1 unspecified atom stereocenters. The van der Waals surface area contributed by atoms with Crippen LogP contribution in [0.1, 0.15) is 46.3 Å². The van der Waals surface area contributed by atoms with Crippen molar-refractivity contribution in [3.8, 4) is 0 Å². The molecule has 4 heteroatoms. The van der Waals surface area contributed by atoms with Gasteiger partial charge in [0.1, 0.15) is 14.3 Å². The molecular weight excluding hydrogens is 240 g/mol. The van der Waals surface area contributed by atoms with Gasteiger partial charge in [-0.15, -0.1) is 0 Å². The smallest absolute Gasteiger partial charge is 0.149 e. The lowest BCUT2D eigenvalue weighted by Crippen LogP contribution is -2.53. The highest BCUT2D eigenvalue weighted by Crippen LogP contribution is 2.36. The van der Waals surface area contributed by atoms with E-state index in [9.17, 15) is 0 Å². The molecule has 102 valence electrons. The summed E-state index contributed by atoms with van der Waals surface area (Å²) in [5, 5.41) is 6.30. The van der Waals surface area contributed by atoms with Gasteiger partial charge in [-0.3, -0.25) is 0 Å². The Bertz CT molecular complexity index is 400. The fourth-order valence-electron chi connectivity index (χ4n) is 2.34. The van der Waals surface area contributed by atoms with E-state index in [1.165, 1.54) is 18.2 Å². The molecule has 0 aliphatic carbocycles. The van der Waals surface area contributed by atoms with Gasteiger partial charge >= 0.3 is 0 Å². The van der Waals surface area contributed by atoms with Crippen LogP contribution >= 0.6 is 0 Å². The van der Waals surface area contributed by atoms with E-state index in [4.69, 9.17) is 4.74 Å². The van der Waals surface area contributed by atoms with Gasteiger partial charge in [0.25, 0.3) is 0 Å². The van der Waals surface area contributed by atoms with E-state index in [-0.39, 0.29) is 6.23 Å². The number of nitrogens with zero attached hydrogens (tertiary/aromatic N) is 2. The normalized spacial score (nSPS) is 22.2. The molecule has 1 aliphatic heterocycles. The van der Waals surface area contributed by atoms with Crippen LogP contribution in [0.2, 0.25) is 18.1 Å². The Kier molecular flexibility index (Phi) is 3.69. The summed E-state index contributed by atoms with van der Waals surface area (Å²) in [6.07, 6.45) is 5.64. The third-order valence-electron chi connectivity index (χ3n) is 4.61. The lowest BCUT2D eigenvalue weighted by atomic mass is 10.2. The number of hydrogen-bond acceptors (Lipinski definition) is 2. The summed E-state index contributed by atoms with van der Waals surface area (Å²) in [5.74, 6) is 0. The first kappa shape index (κ1) is 13.8. The Balaban J connectivity index is 2.32. The van der Waals surface area contributed by atoms with E-state index >= 15 is 0 Å². The first-order valence-corrected chi connectivity index (χ1v) is 9.99. The predicted molar refractivity (Wildman–Crippen MR) is 77.9 cm³/mol. The largest absolute Gasteiger partial charge is 0.357 e. The van der Waals surface area contributed by atoms with Crippen molar-refractivity contribution in [3.05, 3.63) is 12.3 Å². The predicted octanol–water partition coefficient (Wildman–Crippen LogP) is 3.30. The van der Waals surface area contributed by atoms with Crippen LogP contribution in [0.3, 0.4) is 0 Å². The lowest BCUT2D eigenvalue weighted by molar-refractivity contribution is -0.0376. The maximum atomic E-state index is 5.89. The van der Waals surface area contributed by atoms with Crippen LogP contribution in [0.5, 0.6) is 0 Å². The summed E-state index contributed by atoms with van der Waals surface area (Å²) in [6, 6.07) is 2.20. The van der Waals surface area contributed by atoms with Crippen molar-refractivity contribution in [2.45, 2.75) is 64.4 Å². The molecule has 0 saturated carbocycles. The van der Waals surface area contributed by atoms with Crippen molar-refractivity contribution in [2.75, 3.05) is 6.61 Å².